The van der Waals surface area contributed by atoms with E-state index in [-0.39, 0.29) is 17.2 Å². The number of benzene rings is 1. The minimum absolute atomic E-state index is 0.0116. The molecule has 1 amide bonds. The number of aromatic carboxylic acids is 1. The molecular weight excluding hydrogens is 379 g/mol. The molecule has 0 aliphatic carbocycles. The number of carbonyl (C=O) groups excluding carboxylic acids is 1. The topological polar surface area (TPSA) is 93.5 Å². The van der Waals surface area contributed by atoms with Crippen LogP contribution in [0.4, 0.5) is 13.2 Å². The van der Waals surface area contributed by atoms with Crippen LogP contribution in [0.3, 0.4) is 0 Å². The fourth-order valence-corrected chi connectivity index (χ4v) is 3.07. The third kappa shape index (κ3) is 4.01. The van der Waals surface area contributed by atoms with Crippen molar-refractivity contribution in [3.63, 3.8) is 0 Å². The highest BCUT2D eigenvalue weighted by molar-refractivity contribution is 5.94. The normalized spacial score (nSPS) is 19.6. The number of ether oxygens (including phenoxy) is 1. The van der Waals surface area contributed by atoms with Gasteiger partial charge in [0.05, 0.1) is 17.5 Å². The lowest BCUT2D eigenvalue weighted by Gasteiger charge is -2.23. The Bertz CT molecular complexity index is 884. The predicted molar refractivity (Wildman–Crippen MR) is 91.4 cm³/mol. The quantitative estimate of drug-likeness (QED) is 0.809. The number of nitrogens with one attached hydrogen (secondary N) is 1. The lowest BCUT2D eigenvalue weighted by Crippen LogP contribution is -2.40. The van der Waals surface area contributed by atoms with Gasteiger partial charge in [0.25, 0.3) is 5.91 Å². The second kappa shape index (κ2) is 7.27. The third-order valence-corrected chi connectivity index (χ3v) is 4.57. The van der Waals surface area contributed by atoms with Gasteiger partial charge in [0.15, 0.2) is 5.69 Å². The highest BCUT2D eigenvalue weighted by Crippen LogP contribution is 2.33. The molecule has 0 radical (unpaired) electrons. The third-order valence-electron chi connectivity index (χ3n) is 4.57. The second-order valence-corrected chi connectivity index (χ2v) is 6.75. The molecule has 2 heterocycles. The van der Waals surface area contributed by atoms with E-state index in [2.05, 4.69) is 10.4 Å². The minimum atomic E-state index is -4.91. The van der Waals surface area contributed by atoms with Crippen LogP contribution in [0, 0.1) is 0 Å². The fourth-order valence-electron chi connectivity index (χ4n) is 3.07. The minimum Gasteiger partial charge on any atom is -0.478 e. The number of halogens is 3. The maximum absolute atomic E-state index is 13.3. The van der Waals surface area contributed by atoms with Gasteiger partial charge in [-0.3, -0.25) is 4.79 Å². The molecule has 1 atom stereocenters. The number of alkyl halides is 3. The number of carbonyl (C=O) groups is 2. The van der Waals surface area contributed by atoms with Gasteiger partial charge < -0.3 is 15.2 Å². The number of hydrogen-bond acceptors (Lipinski definition) is 4. The number of amides is 1. The van der Waals surface area contributed by atoms with Gasteiger partial charge in [-0.25, -0.2) is 9.48 Å². The van der Waals surface area contributed by atoms with Gasteiger partial charge in [0.2, 0.25) is 0 Å². The summed E-state index contributed by atoms with van der Waals surface area (Å²) in [7, 11) is 0. The maximum atomic E-state index is 13.3. The van der Waals surface area contributed by atoms with Crippen molar-refractivity contribution >= 4 is 11.9 Å². The molecule has 1 aliphatic heterocycles. The fraction of sp³-hybridized carbons (Fsp3) is 0.389. The Hall–Kier alpha value is -2.88. The first kappa shape index (κ1) is 19.9. The average Bonchev–Trinajstić information content (AvgIpc) is 3.27. The zero-order valence-electron chi connectivity index (χ0n) is 14.9. The van der Waals surface area contributed by atoms with E-state index in [1.165, 1.54) is 24.3 Å². The predicted octanol–water partition coefficient (Wildman–Crippen LogP) is 2.89. The van der Waals surface area contributed by atoms with Crippen LogP contribution in [0.2, 0.25) is 0 Å². The molecule has 1 aliphatic rings. The molecule has 0 bridgehead atoms. The summed E-state index contributed by atoms with van der Waals surface area (Å²) >= 11 is 0. The van der Waals surface area contributed by atoms with Crippen LogP contribution < -0.4 is 5.32 Å². The van der Waals surface area contributed by atoms with Crippen molar-refractivity contribution in [3.8, 4) is 5.69 Å². The van der Waals surface area contributed by atoms with Gasteiger partial charge in [-0.05, 0) is 44.0 Å². The van der Waals surface area contributed by atoms with E-state index in [1.54, 1.807) is 0 Å². The first-order valence-corrected chi connectivity index (χ1v) is 8.52. The summed E-state index contributed by atoms with van der Waals surface area (Å²) in [6, 6.07) is 5.25. The highest BCUT2D eigenvalue weighted by atomic mass is 19.4. The lowest BCUT2D eigenvalue weighted by atomic mass is 10.0. The van der Waals surface area contributed by atoms with Crippen LogP contribution in [0.15, 0.2) is 30.5 Å². The number of carboxylic acids is 1. The van der Waals surface area contributed by atoms with Crippen molar-refractivity contribution in [1.29, 1.82) is 0 Å². The summed E-state index contributed by atoms with van der Waals surface area (Å²) in [5, 5.41) is 15.3. The van der Waals surface area contributed by atoms with Gasteiger partial charge in [-0.2, -0.15) is 18.3 Å². The maximum Gasteiger partial charge on any atom is 0.434 e. The standard InChI is InChI=1S/C18H18F3N3O4/c1-17(7-2-8-28-17)10-22-15(25)11-3-5-12(6-4-11)24-14(18(19,20)21)13(9-23-24)16(26)27/h3-6,9H,2,7-8,10H2,1H3,(H,22,25)(H,26,27). The molecule has 10 heteroatoms. The molecule has 2 aromatic rings. The van der Waals surface area contributed by atoms with Crippen molar-refractivity contribution in [2.24, 2.45) is 0 Å². The van der Waals surface area contributed by atoms with Gasteiger partial charge in [0.1, 0.15) is 5.56 Å². The zero-order valence-corrected chi connectivity index (χ0v) is 14.9. The molecular formula is C18H18F3N3O4. The second-order valence-electron chi connectivity index (χ2n) is 6.75. The summed E-state index contributed by atoms with van der Waals surface area (Å²) in [6.45, 7) is 2.87. The molecule has 0 spiro atoms. The Labute approximate surface area is 158 Å². The first-order chi connectivity index (χ1) is 13.1. The molecule has 1 aromatic heterocycles. The molecule has 0 saturated carbocycles. The van der Waals surface area contributed by atoms with E-state index in [1.807, 2.05) is 6.92 Å². The van der Waals surface area contributed by atoms with Crippen molar-refractivity contribution in [1.82, 2.24) is 15.1 Å². The summed E-state index contributed by atoms with van der Waals surface area (Å²) in [5.74, 6) is -2.11. The summed E-state index contributed by atoms with van der Waals surface area (Å²) in [6.07, 6.45) is -2.51. The van der Waals surface area contributed by atoms with Gasteiger partial charge >= 0.3 is 12.1 Å². The smallest absolute Gasteiger partial charge is 0.434 e. The summed E-state index contributed by atoms with van der Waals surface area (Å²) in [4.78, 5) is 23.3. The van der Waals surface area contributed by atoms with Crippen molar-refractivity contribution < 1.29 is 32.6 Å². The number of aromatic nitrogens is 2. The zero-order chi connectivity index (χ0) is 20.5. The SMILES string of the molecule is CC1(CNC(=O)c2ccc(-n3ncc(C(=O)O)c3C(F)(F)F)cc2)CCCO1. The summed E-state index contributed by atoms with van der Waals surface area (Å²) in [5.41, 5.74) is -2.51. The lowest BCUT2D eigenvalue weighted by molar-refractivity contribution is -0.143. The van der Waals surface area contributed by atoms with Gasteiger partial charge in [-0.1, -0.05) is 0 Å². The molecule has 1 unspecified atom stereocenters. The number of hydrogen-bond donors (Lipinski definition) is 2. The van der Waals surface area contributed by atoms with Crippen LogP contribution in [0.5, 0.6) is 0 Å². The molecule has 1 aromatic carbocycles. The van der Waals surface area contributed by atoms with Crippen LogP contribution in [0.25, 0.3) is 5.69 Å². The Kier molecular flexibility index (Phi) is 5.16. The average molecular weight is 397 g/mol. The number of rotatable bonds is 5. The monoisotopic (exact) mass is 397 g/mol. The van der Waals surface area contributed by atoms with E-state index < -0.39 is 29.0 Å². The molecule has 2 N–H and O–H groups in total. The Morgan fingerprint density at radius 1 is 1.32 bits per heavy atom. The summed E-state index contributed by atoms with van der Waals surface area (Å²) < 4.78 is 45.9. The molecule has 150 valence electrons. The first-order valence-electron chi connectivity index (χ1n) is 8.52. The number of carboxylic acid groups (broad SMARTS) is 1. The Balaban J connectivity index is 1.79. The van der Waals surface area contributed by atoms with E-state index in [4.69, 9.17) is 9.84 Å². The largest absolute Gasteiger partial charge is 0.478 e. The van der Waals surface area contributed by atoms with Crippen LogP contribution in [-0.4, -0.2) is 45.5 Å². The molecule has 1 fully saturated rings. The van der Waals surface area contributed by atoms with E-state index in [0.29, 0.717) is 24.0 Å². The van der Waals surface area contributed by atoms with Crippen LogP contribution in [-0.2, 0) is 10.9 Å². The molecule has 7 nitrogen and oxygen atoms in total. The van der Waals surface area contributed by atoms with Crippen molar-refractivity contribution in [2.45, 2.75) is 31.5 Å². The van der Waals surface area contributed by atoms with E-state index in [9.17, 15) is 22.8 Å². The van der Waals surface area contributed by atoms with Crippen LogP contribution in [0.1, 0.15) is 46.2 Å². The molecule has 28 heavy (non-hydrogen) atoms. The van der Waals surface area contributed by atoms with E-state index in [0.717, 1.165) is 12.8 Å². The number of nitrogens with zero attached hydrogens (tertiary/aromatic N) is 2. The van der Waals surface area contributed by atoms with E-state index >= 15 is 0 Å². The Morgan fingerprint density at radius 3 is 2.54 bits per heavy atom. The molecule has 1 saturated heterocycles. The highest BCUT2D eigenvalue weighted by Gasteiger charge is 2.40. The Morgan fingerprint density at radius 2 is 2.00 bits per heavy atom. The van der Waals surface area contributed by atoms with Crippen molar-refractivity contribution in [2.75, 3.05) is 13.2 Å². The van der Waals surface area contributed by atoms with Gasteiger partial charge in [0, 0.05) is 18.7 Å². The van der Waals surface area contributed by atoms with Crippen molar-refractivity contribution in [3.05, 3.63) is 47.3 Å². The van der Waals surface area contributed by atoms with Crippen LogP contribution >= 0.6 is 0 Å². The molecule has 3 rings (SSSR count). The van der Waals surface area contributed by atoms with Gasteiger partial charge in [-0.15, -0.1) is 0 Å².